The fraction of sp³-hybridized carbons (Fsp3) is 0. The zero-order valence-electron chi connectivity index (χ0n) is 6.32. The van der Waals surface area contributed by atoms with Crippen LogP contribution in [0.2, 0.25) is 0 Å². The van der Waals surface area contributed by atoms with Gasteiger partial charge in [0.05, 0.1) is 4.90 Å². The van der Waals surface area contributed by atoms with Gasteiger partial charge in [-0.2, -0.15) is 0 Å². The summed E-state index contributed by atoms with van der Waals surface area (Å²) in [6, 6.07) is 6.07. The molecule has 0 amide bonds. The molecule has 0 bridgehead atoms. The van der Waals surface area contributed by atoms with Gasteiger partial charge < -0.3 is 4.55 Å². The van der Waals surface area contributed by atoms with Crippen LogP contribution in [0.25, 0.3) is 0 Å². The van der Waals surface area contributed by atoms with Gasteiger partial charge in [0.25, 0.3) is 0 Å². The van der Waals surface area contributed by atoms with Crippen molar-refractivity contribution in [3.63, 3.8) is 0 Å². The topological polar surface area (TPSA) is 57.2 Å². The normalized spacial score (nSPS) is 10.5. The second kappa shape index (κ2) is 4.92. The van der Waals surface area contributed by atoms with Gasteiger partial charge >= 0.3 is 29.6 Å². The summed E-state index contributed by atoms with van der Waals surface area (Å²) in [6.07, 6.45) is 0. The van der Waals surface area contributed by atoms with Gasteiger partial charge in [0, 0.05) is 3.57 Å². The molecular formula is C6H4INaO3S. The minimum Gasteiger partial charge on any atom is -0.744 e. The Hall–Kier alpha value is 0.860. The molecule has 0 saturated heterocycles. The van der Waals surface area contributed by atoms with Crippen LogP contribution in [-0.4, -0.2) is 13.0 Å². The zero-order chi connectivity index (χ0) is 8.48. The third-order valence-corrected chi connectivity index (χ3v) is 3.31. The zero-order valence-corrected chi connectivity index (χ0v) is 11.3. The van der Waals surface area contributed by atoms with Crippen LogP contribution >= 0.6 is 22.6 Å². The predicted molar refractivity (Wildman–Crippen MR) is 47.1 cm³/mol. The van der Waals surface area contributed by atoms with Crippen LogP contribution in [0.15, 0.2) is 29.2 Å². The quantitative estimate of drug-likeness (QED) is 0.349. The Labute approximate surface area is 107 Å². The Morgan fingerprint density at radius 2 is 1.75 bits per heavy atom. The molecule has 0 atom stereocenters. The molecule has 0 aliphatic rings. The van der Waals surface area contributed by atoms with Gasteiger partial charge in [-0.1, -0.05) is 12.1 Å². The summed E-state index contributed by atoms with van der Waals surface area (Å²) in [5.41, 5.74) is 0. The number of hydrogen-bond acceptors (Lipinski definition) is 3. The smallest absolute Gasteiger partial charge is 0.744 e. The van der Waals surface area contributed by atoms with Crippen LogP contribution < -0.4 is 29.6 Å². The van der Waals surface area contributed by atoms with Crippen molar-refractivity contribution in [1.82, 2.24) is 0 Å². The molecule has 0 fully saturated rings. The van der Waals surface area contributed by atoms with E-state index < -0.39 is 10.1 Å². The van der Waals surface area contributed by atoms with E-state index in [1.54, 1.807) is 34.7 Å². The van der Waals surface area contributed by atoms with Gasteiger partial charge in [-0.15, -0.1) is 0 Å². The molecule has 0 radical (unpaired) electrons. The van der Waals surface area contributed by atoms with Gasteiger partial charge in [-0.3, -0.25) is 0 Å². The Morgan fingerprint density at radius 3 is 2.08 bits per heavy atom. The van der Waals surface area contributed by atoms with E-state index in [0.717, 1.165) is 0 Å². The van der Waals surface area contributed by atoms with Gasteiger partial charge in [0.15, 0.2) is 0 Å². The van der Waals surface area contributed by atoms with E-state index in [-0.39, 0.29) is 34.5 Å². The summed E-state index contributed by atoms with van der Waals surface area (Å²) in [5.74, 6) is 0. The summed E-state index contributed by atoms with van der Waals surface area (Å²) in [4.78, 5) is -0.152. The minimum absolute atomic E-state index is 0. The Bertz CT molecular complexity index is 363. The first-order valence-electron chi connectivity index (χ1n) is 2.72. The molecule has 6 heteroatoms. The number of benzene rings is 1. The molecule has 0 unspecified atom stereocenters. The van der Waals surface area contributed by atoms with E-state index in [4.69, 9.17) is 0 Å². The SMILES string of the molecule is O=S(=O)([O-])c1ccccc1I.[Na+]. The van der Waals surface area contributed by atoms with Gasteiger partial charge in [0.1, 0.15) is 10.1 Å². The van der Waals surface area contributed by atoms with Crippen molar-refractivity contribution >= 4 is 32.7 Å². The van der Waals surface area contributed by atoms with Crippen LogP contribution in [0, 0.1) is 3.57 Å². The molecule has 0 saturated carbocycles. The number of halogens is 1. The monoisotopic (exact) mass is 306 g/mol. The van der Waals surface area contributed by atoms with E-state index in [1.807, 2.05) is 0 Å². The molecule has 0 aliphatic heterocycles. The fourth-order valence-corrected chi connectivity index (χ4v) is 2.40. The van der Waals surface area contributed by atoms with Crippen LogP contribution in [0.3, 0.4) is 0 Å². The first-order chi connectivity index (χ1) is 5.02. The molecule has 0 aromatic heterocycles. The Morgan fingerprint density at radius 1 is 1.25 bits per heavy atom. The Kier molecular flexibility index (Phi) is 5.27. The summed E-state index contributed by atoms with van der Waals surface area (Å²) < 4.78 is 31.9. The number of hydrogen-bond donors (Lipinski definition) is 0. The van der Waals surface area contributed by atoms with Crippen LogP contribution in [0.4, 0.5) is 0 Å². The average molecular weight is 306 g/mol. The largest absolute Gasteiger partial charge is 1.00 e. The van der Waals surface area contributed by atoms with Crippen molar-refractivity contribution in [2.75, 3.05) is 0 Å². The molecule has 0 N–H and O–H groups in total. The first kappa shape index (κ1) is 12.9. The van der Waals surface area contributed by atoms with Crippen molar-refractivity contribution < 1.29 is 42.5 Å². The standard InChI is InChI=1S/C6H5IO3S.Na/c7-5-3-1-2-4-6(5)11(8,9)10;/h1-4H,(H,8,9,10);/q;+1/p-1. The predicted octanol–water partition coefficient (Wildman–Crippen LogP) is -1.80. The molecule has 1 rings (SSSR count). The molecule has 3 nitrogen and oxygen atoms in total. The molecular weight excluding hydrogens is 302 g/mol. The molecule has 0 spiro atoms. The van der Waals surface area contributed by atoms with Gasteiger partial charge in [0.2, 0.25) is 0 Å². The third kappa shape index (κ3) is 3.31. The van der Waals surface area contributed by atoms with Crippen molar-refractivity contribution in [1.29, 1.82) is 0 Å². The second-order valence-corrected chi connectivity index (χ2v) is 4.39. The maximum Gasteiger partial charge on any atom is 1.00 e. The summed E-state index contributed by atoms with van der Waals surface area (Å²) in [5, 5.41) is 0. The summed E-state index contributed by atoms with van der Waals surface area (Å²) in [6.45, 7) is 0. The van der Waals surface area contributed by atoms with Crippen molar-refractivity contribution in [2.45, 2.75) is 4.90 Å². The summed E-state index contributed by atoms with van der Waals surface area (Å²) in [7, 11) is -4.29. The van der Waals surface area contributed by atoms with Gasteiger partial charge in [-0.25, -0.2) is 8.42 Å². The van der Waals surface area contributed by atoms with E-state index >= 15 is 0 Å². The maximum atomic E-state index is 10.5. The Balaban J connectivity index is 0.00000121. The van der Waals surface area contributed by atoms with E-state index in [1.165, 1.54) is 12.1 Å². The van der Waals surface area contributed by atoms with Crippen LogP contribution in [0.1, 0.15) is 0 Å². The van der Waals surface area contributed by atoms with Crippen molar-refractivity contribution in [2.24, 2.45) is 0 Å². The van der Waals surface area contributed by atoms with E-state index in [0.29, 0.717) is 3.57 Å². The van der Waals surface area contributed by atoms with Crippen LogP contribution in [-0.2, 0) is 10.1 Å². The minimum atomic E-state index is -4.29. The molecule has 12 heavy (non-hydrogen) atoms. The van der Waals surface area contributed by atoms with E-state index in [2.05, 4.69) is 0 Å². The van der Waals surface area contributed by atoms with Crippen molar-refractivity contribution in [3.05, 3.63) is 27.8 Å². The third-order valence-electron chi connectivity index (χ3n) is 1.11. The molecule has 60 valence electrons. The number of rotatable bonds is 1. The molecule has 1 aromatic rings. The average Bonchev–Trinajstić information content (AvgIpc) is 1.86. The fourth-order valence-electron chi connectivity index (χ4n) is 0.647. The maximum absolute atomic E-state index is 10.5. The van der Waals surface area contributed by atoms with Crippen molar-refractivity contribution in [3.8, 4) is 0 Å². The second-order valence-electron chi connectivity index (χ2n) is 1.88. The van der Waals surface area contributed by atoms with Gasteiger partial charge in [-0.05, 0) is 34.7 Å². The molecule has 1 aromatic carbocycles. The van der Waals surface area contributed by atoms with E-state index in [9.17, 15) is 13.0 Å². The molecule has 0 heterocycles. The summed E-state index contributed by atoms with van der Waals surface area (Å²) >= 11 is 1.81. The van der Waals surface area contributed by atoms with Crippen LogP contribution in [0.5, 0.6) is 0 Å². The first-order valence-corrected chi connectivity index (χ1v) is 5.21. The molecule has 0 aliphatic carbocycles.